The molecule has 9 rings (SSSR count). The summed E-state index contributed by atoms with van der Waals surface area (Å²) in [6, 6.07) is 48.6. The zero-order chi connectivity index (χ0) is 55.2. The first-order valence-electron chi connectivity index (χ1n) is 27.3. The molecule has 0 unspecified atom stereocenters. The van der Waals surface area contributed by atoms with E-state index in [1.54, 1.807) is 13.1 Å². The van der Waals surface area contributed by atoms with Crippen molar-refractivity contribution in [2.75, 3.05) is 0 Å². The number of benzene rings is 7. The Bertz CT molecular complexity index is 3710. The van der Waals surface area contributed by atoms with Crippen LogP contribution < -0.4 is 0 Å². The molecule has 73 heavy (non-hydrogen) atoms. The predicted octanol–water partition coefficient (Wildman–Crippen LogP) is 18.3. The first kappa shape index (κ1) is 47.6. The summed E-state index contributed by atoms with van der Waals surface area (Å²) < 4.78 is 36.7. The summed E-state index contributed by atoms with van der Waals surface area (Å²) in [5, 5.41) is 12.7. The van der Waals surface area contributed by atoms with Gasteiger partial charge in [-0.1, -0.05) is 185 Å². The molecule has 376 valence electrons. The molecule has 0 radical (unpaired) electrons. The molecule has 0 spiro atoms. The molecule has 0 aliphatic rings. The number of para-hydroxylation sites is 1. The summed E-state index contributed by atoms with van der Waals surface area (Å²) in [5.41, 5.74) is 17.6. The maximum atomic E-state index is 12.7. The molecule has 0 atom stereocenters. The number of phenolic OH excluding ortho intramolecular Hbond substituents is 1. The van der Waals surface area contributed by atoms with E-state index < -0.39 is 6.85 Å². The average Bonchev–Trinajstić information content (AvgIpc) is 3.86. The van der Waals surface area contributed by atoms with Gasteiger partial charge in [-0.05, 0) is 141 Å². The third-order valence-corrected chi connectivity index (χ3v) is 14.6. The Morgan fingerprint density at radius 3 is 1.82 bits per heavy atom. The van der Waals surface area contributed by atoms with Crippen LogP contribution in [0.5, 0.6) is 5.75 Å². The van der Waals surface area contributed by atoms with E-state index >= 15 is 0 Å². The van der Waals surface area contributed by atoms with Crippen molar-refractivity contribution in [1.82, 2.24) is 14.5 Å². The van der Waals surface area contributed by atoms with Crippen molar-refractivity contribution in [2.45, 2.75) is 132 Å². The number of phenols is 1. The minimum atomic E-state index is -2.45. The number of imidazole rings is 1. The van der Waals surface area contributed by atoms with Crippen LogP contribution in [0.4, 0.5) is 0 Å². The Hall–Kier alpha value is -6.35. The van der Waals surface area contributed by atoms with Gasteiger partial charge < -0.3 is 5.11 Å². The van der Waals surface area contributed by atoms with Crippen LogP contribution in [0, 0.1) is 33.7 Å². The molecular formula is C68H72N3OPt-. The van der Waals surface area contributed by atoms with Crippen LogP contribution in [0.2, 0.25) is 0 Å². The molecular weight excluding hydrogens is 1070 g/mol. The van der Waals surface area contributed by atoms with Crippen LogP contribution in [0.25, 0.3) is 83.9 Å². The van der Waals surface area contributed by atoms with Crippen molar-refractivity contribution in [3.8, 4) is 78.6 Å². The molecule has 7 aromatic carbocycles. The number of rotatable bonds is 7. The second-order valence-electron chi connectivity index (χ2n) is 23.9. The van der Waals surface area contributed by atoms with Crippen LogP contribution in [-0.4, -0.2) is 19.6 Å². The van der Waals surface area contributed by atoms with Gasteiger partial charge in [0, 0.05) is 48.2 Å². The fourth-order valence-electron chi connectivity index (χ4n) is 9.75. The zero-order valence-corrected chi connectivity index (χ0v) is 47.6. The molecule has 5 heteroatoms. The van der Waals surface area contributed by atoms with Crippen LogP contribution in [0.15, 0.2) is 140 Å². The van der Waals surface area contributed by atoms with E-state index in [0.717, 1.165) is 89.0 Å². The van der Waals surface area contributed by atoms with Crippen molar-refractivity contribution < 1.29 is 31.7 Å². The first-order valence-corrected chi connectivity index (χ1v) is 25.3. The van der Waals surface area contributed by atoms with Crippen molar-refractivity contribution in [1.29, 1.82) is 0 Å². The monoisotopic (exact) mass is 1150 g/mol. The minimum absolute atomic E-state index is 0. The number of aromatic nitrogens is 3. The third kappa shape index (κ3) is 10.3. The molecule has 0 aliphatic carbocycles. The summed E-state index contributed by atoms with van der Waals surface area (Å²) in [7, 11) is 0. The molecule has 0 fully saturated rings. The van der Waals surface area contributed by atoms with Gasteiger partial charge in [-0.3, -0.25) is 9.55 Å². The second kappa shape index (κ2) is 19.5. The molecule has 2 aromatic heterocycles. The number of hydrogen-bond donors (Lipinski definition) is 1. The molecule has 0 saturated heterocycles. The number of nitrogens with zero attached hydrogens (tertiary/aromatic N) is 3. The Balaban J connectivity index is 0.00000784. The predicted molar refractivity (Wildman–Crippen MR) is 306 cm³/mol. The van der Waals surface area contributed by atoms with Gasteiger partial charge in [0.05, 0.1) is 23.7 Å². The Labute approximate surface area is 455 Å². The van der Waals surface area contributed by atoms with E-state index in [2.05, 4.69) is 203 Å². The summed E-state index contributed by atoms with van der Waals surface area (Å²) in [5.74, 6) is 0.815. The van der Waals surface area contributed by atoms with E-state index in [-0.39, 0.29) is 60.1 Å². The van der Waals surface area contributed by atoms with Gasteiger partial charge >= 0.3 is 0 Å². The van der Waals surface area contributed by atoms with Gasteiger partial charge in [0.15, 0.2) is 0 Å². The van der Waals surface area contributed by atoms with E-state index in [0.29, 0.717) is 28.2 Å². The van der Waals surface area contributed by atoms with Crippen molar-refractivity contribution in [3.63, 3.8) is 0 Å². The van der Waals surface area contributed by atoms with Crippen molar-refractivity contribution >= 4 is 11.0 Å². The van der Waals surface area contributed by atoms with Crippen molar-refractivity contribution in [3.05, 3.63) is 190 Å². The quantitative estimate of drug-likeness (QED) is 0.162. The maximum Gasteiger partial charge on any atom is 0.148 e. The summed E-state index contributed by atoms with van der Waals surface area (Å²) in [6.45, 7) is 29.6. The topological polar surface area (TPSA) is 50.9 Å². The zero-order valence-electron chi connectivity index (χ0n) is 49.3. The van der Waals surface area contributed by atoms with Gasteiger partial charge in [0.1, 0.15) is 11.6 Å². The number of pyridine rings is 1. The molecule has 0 saturated carbocycles. The normalized spacial score (nSPS) is 13.3. The Morgan fingerprint density at radius 2 is 1.18 bits per heavy atom. The second-order valence-corrected chi connectivity index (χ2v) is 23.9. The fraction of sp³-hybridized carbons (Fsp3) is 0.294. The smallest absolute Gasteiger partial charge is 0.148 e. The van der Waals surface area contributed by atoms with Gasteiger partial charge in [0.2, 0.25) is 0 Å². The molecule has 9 aromatic rings. The van der Waals surface area contributed by atoms with Gasteiger partial charge in [-0.15, -0.1) is 29.3 Å². The number of hydrogen-bond acceptors (Lipinski definition) is 3. The summed E-state index contributed by atoms with van der Waals surface area (Å²) >= 11 is 0. The summed E-state index contributed by atoms with van der Waals surface area (Å²) in [4.78, 5) is 10.6. The Kier molecular flexibility index (Phi) is 12.7. The number of aromatic hydroxyl groups is 1. The van der Waals surface area contributed by atoms with E-state index in [9.17, 15) is 6.48 Å². The molecule has 0 aliphatic heterocycles. The van der Waals surface area contributed by atoms with E-state index in [4.69, 9.17) is 14.1 Å². The summed E-state index contributed by atoms with van der Waals surface area (Å²) in [6.07, 6.45) is 1.74. The van der Waals surface area contributed by atoms with E-state index in [1.807, 2.05) is 32.0 Å². The fourth-order valence-corrected chi connectivity index (χ4v) is 9.75. The van der Waals surface area contributed by atoms with Crippen LogP contribution in [0.3, 0.4) is 0 Å². The van der Waals surface area contributed by atoms with Gasteiger partial charge in [0.25, 0.3) is 0 Å². The molecule has 4 nitrogen and oxygen atoms in total. The van der Waals surface area contributed by atoms with Crippen LogP contribution >= 0.6 is 0 Å². The molecule has 0 amide bonds. The molecule has 0 bridgehead atoms. The van der Waals surface area contributed by atoms with Crippen LogP contribution in [0.1, 0.15) is 133 Å². The third-order valence-electron chi connectivity index (χ3n) is 14.6. The SMILES string of the molecule is [2H]c1c(-c2ccnc(-c3[c-]c(-c4cccc5c4nc(-c4cc(C(C)(C)C)cc(C(C)(C)C)c4O)n5-c4ccc(-c5ccc(C(C)(C)C)cc5)cc4-c4ccccc4)cc(C(C)(C)C)c3)c2)c(C)c(C)c(C)c1C([2H])([2H])[2H].[Pt]. The molecule has 2 heterocycles. The number of fused-ring (bicyclic) bond motifs is 1. The maximum absolute atomic E-state index is 12.7. The van der Waals surface area contributed by atoms with Gasteiger partial charge in [-0.25, -0.2) is 4.98 Å². The van der Waals surface area contributed by atoms with Gasteiger partial charge in [-0.2, -0.15) is 0 Å². The average molecular weight is 1150 g/mol. The Morgan fingerprint density at radius 1 is 0.534 bits per heavy atom. The van der Waals surface area contributed by atoms with Crippen LogP contribution in [-0.2, 0) is 42.7 Å². The first-order chi connectivity index (χ1) is 35.4. The minimum Gasteiger partial charge on any atom is -0.507 e. The largest absolute Gasteiger partial charge is 0.507 e. The van der Waals surface area contributed by atoms with E-state index in [1.165, 1.54) is 5.56 Å². The standard InChI is InChI=1S/C68H72N3O.Pt/c1-41-33-55(44(4)43(3)42(41)2)48-31-32-69-59(38-48)50-34-49(35-52(36-50)66(8,9)10)54-23-20-24-61-62(54)70-64(57-39-53(67(11,12)13)40-58(63(57)72)68(14,15)16)71(61)60-30-27-47(37-56(60)46-21-18-17-19-22-46)45-25-28-51(29-26-45)65(5,6)7;/h17-33,35-40,72H,1-16H3;/q-1;/i1D3,33D;. The van der Waals surface area contributed by atoms with Crippen molar-refractivity contribution in [2.24, 2.45) is 0 Å². The molecule has 1 N–H and O–H groups in total.